The second kappa shape index (κ2) is 8.55. The highest BCUT2D eigenvalue weighted by Crippen LogP contribution is 2.49. The zero-order valence-electron chi connectivity index (χ0n) is 18.0. The second-order valence-electron chi connectivity index (χ2n) is 8.76. The monoisotopic (exact) mass is 457 g/mol. The molecule has 170 valence electrons. The van der Waals surface area contributed by atoms with Crippen LogP contribution in [0.25, 0.3) is 0 Å². The minimum Gasteiger partial charge on any atom is -0.481 e. The van der Waals surface area contributed by atoms with Gasteiger partial charge >= 0.3 is 5.97 Å². The molecule has 2 aromatic carbocycles. The minimum absolute atomic E-state index is 0.0366. The molecule has 4 atom stereocenters. The molecular weight excluding hydrogens is 430 g/mol. The van der Waals surface area contributed by atoms with Gasteiger partial charge in [0, 0.05) is 37.1 Å². The molecule has 4 unspecified atom stereocenters. The number of benzene rings is 2. The Hall–Kier alpha value is -2.91. The van der Waals surface area contributed by atoms with Crippen LogP contribution in [0.15, 0.2) is 53.4 Å². The first-order valence-electron chi connectivity index (χ1n) is 10.6. The average Bonchev–Trinajstić information content (AvgIpc) is 3.35. The van der Waals surface area contributed by atoms with Crippen LogP contribution in [-0.2, 0) is 14.8 Å². The summed E-state index contributed by atoms with van der Waals surface area (Å²) < 4.78 is 28.4. The lowest BCUT2D eigenvalue weighted by atomic mass is 9.85. The third-order valence-electron chi connectivity index (χ3n) is 6.56. The molecule has 2 saturated carbocycles. The van der Waals surface area contributed by atoms with Crippen molar-refractivity contribution in [3.8, 4) is 0 Å². The molecule has 0 aliphatic heterocycles. The zero-order valence-corrected chi connectivity index (χ0v) is 18.8. The fraction of sp³-hybridized carbons (Fsp3) is 0.391. The van der Waals surface area contributed by atoms with Crippen molar-refractivity contribution in [3.63, 3.8) is 0 Å². The Morgan fingerprint density at radius 2 is 1.59 bits per heavy atom. The molecular formula is C23H27N3O5S. The topological polar surface area (TPSA) is 116 Å². The summed E-state index contributed by atoms with van der Waals surface area (Å²) in [6, 6.07) is 12.4. The lowest BCUT2D eigenvalue weighted by Gasteiger charge is -2.28. The minimum atomic E-state index is -3.87. The van der Waals surface area contributed by atoms with Gasteiger partial charge in [0.15, 0.2) is 0 Å². The van der Waals surface area contributed by atoms with Gasteiger partial charge in [0.05, 0.1) is 10.8 Å². The van der Waals surface area contributed by atoms with E-state index < -0.39 is 28.0 Å². The Balaban J connectivity index is 1.43. The molecule has 2 aromatic rings. The third kappa shape index (κ3) is 4.35. The first-order chi connectivity index (χ1) is 15.2. The third-order valence-corrected chi connectivity index (χ3v) is 8.04. The molecule has 2 fully saturated rings. The second-order valence-corrected chi connectivity index (χ2v) is 10.5. The molecule has 2 aliphatic carbocycles. The Morgan fingerprint density at radius 3 is 2.19 bits per heavy atom. The van der Waals surface area contributed by atoms with Crippen LogP contribution in [-0.4, -0.2) is 45.5 Å². The van der Waals surface area contributed by atoms with Crippen LogP contribution in [0.5, 0.6) is 0 Å². The quantitative estimate of drug-likeness (QED) is 0.589. The summed E-state index contributed by atoms with van der Waals surface area (Å²) in [4.78, 5) is 26.1. The highest BCUT2D eigenvalue weighted by Gasteiger charge is 2.52. The van der Waals surface area contributed by atoms with E-state index in [1.807, 2.05) is 31.1 Å². The van der Waals surface area contributed by atoms with Crippen molar-refractivity contribution in [2.75, 3.05) is 24.3 Å². The highest BCUT2D eigenvalue weighted by atomic mass is 32.2. The molecule has 0 heterocycles. The molecule has 32 heavy (non-hydrogen) atoms. The lowest BCUT2D eigenvalue weighted by Crippen LogP contribution is -2.46. The van der Waals surface area contributed by atoms with Crippen LogP contribution in [0.4, 0.5) is 11.4 Å². The number of carbonyl (C=O) groups excluding carboxylic acids is 1. The average molecular weight is 458 g/mol. The van der Waals surface area contributed by atoms with Crippen molar-refractivity contribution < 1.29 is 23.1 Å². The number of hydrogen-bond acceptors (Lipinski definition) is 5. The van der Waals surface area contributed by atoms with E-state index in [9.17, 15) is 23.1 Å². The Labute approximate surface area is 187 Å². The van der Waals surface area contributed by atoms with Gasteiger partial charge in [-0.1, -0.05) is 0 Å². The maximum Gasteiger partial charge on any atom is 0.308 e. The predicted molar refractivity (Wildman–Crippen MR) is 121 cm³/mol. The van der Waals surface area contributed by atoms with Crippen molar-refractivity contribution >= 4 is 33.3 Å². The van der Waals surface area contributed by atoms with E-state index in [1.165, 1.54) is 24.3 Å². The normalized spacial score (nSPS) is 24.3. The summed E-state index contributed by atoms with van der Waals surface area (Å²) in [5, 5.41) is 12.3. The number of amides is 1. The van der Waals surface area contributed by atoms with Gasteiger partial charge in [0.1, 0.15) is 0 Å². The number of sulfonamides is 1. The van der Waals surface area contributed by atoms with Gasteiger partial charge in [-0.05, 0) is 79.6 Å². The van der Waals surface area contributed by atoms with Crippen LogP contribution in [0.3, 0.4) is 0 Å². The molecule has 0 spiro atoms. The number of rotatable bonds is 7. The number of carboxylic acids is 1. The largest absolute Gasteiger partial charge is 0.481 e. The summed E-state index contributed by atoms with van der Waals surface area (Å²) in [6.07, 6.45) is 2.44. The lowest BCUT2D eigenvalue weighted by molar-refractivity contribution is -0.144. The number of nitrogens with one attached hydrogen (secondary N) is 2. The highest BCUT2D eigenvalue weighted by molar-refractivity contribution is 7.89. The van der Waals surface area contributed by atoms with E-state index in [-0.39, 0.29) is 22.6 Å². The van der Waals surface area contributed by atoms with Crippen molar-refractivity contribution in [2.24, 2.45) is 17.8 Å². The fourth-order valence-electron chi connectivity index (χ4n) is 4.90. The van der Waals surface area contributed by atoms with Crippen molar-refractivity contribution in [3.05, 3.63) is 54.1 Å². The summed E-state index contributed by atoms with van der Waals surface area (Å²) in [7, 11) is -0.0430. The molecule has 2 bridgehead atoms. The van der Waals surface area contributed by atoms with E-state index in [2.05, 4.69) is 10.0 Å². The van der Waals surface area contributed by atoms with Gasteiger partial charge in [-0.25, -0.2) is 13.1 Å². The number of aliphatic carboxylic acids is 1. The Morgan fingerprint density at radius 1 is 0.969 bits per heavy atom. The number of carbonyl (C=O) groups is 2. The van der Waals surface area contributed by atoms with Gasteiger partial charge in [0.2, 0.25) is 10.0 Å². The van der Waals surface area contributed by atoms with Crippen LogP contribution >= 0.6 is 0 Å². The number of fused-ring (bicyclic) bond motifs is 2. The van der Waals surface area contributed by atoms with E-state index in [0.717, 1.165) is 24.9 Å². The molecule has 4 rings (SSSR count). The maximum absolute atomic E-state index is 12.9. The van der Waals surface area contributed by atoms with Crippen LogP contribution in [0.1, 0.15) is 29.6 Å². The number of hydrogen-bond donors (Lipinski definition) is 3. The van der Waals surface area contributed by atoms with E-state index in [0.29, 0.717) is 11.3 Å². The molecule has 9 heteroatoms. The predicted octanol–water partition coefficient (Wildman–Crippen LogP) is 2.78. The van der Waals surface area contributed by atoms with Crippen LogP contribution < -0.4 is 14.9 Å². The first kappa shape index (κ1) is 22.3. The Bertz CT molecular complexity index is 1110. The SMILES string of the molecule is CN(C)c1ccc(C(=O)Nc2ccc(S(=O)(=O)NC3C4CCC(C4)C3C(=O)O)cc2)cc1. The van der Waals surface area contributed by atoms with Crippen LogP contribution in [0.2, 0.25) is 0 Å². The number of anilines is 2. The van der Waals surface area contributed by atoms with Crippen molar-refractivity contribution in [2.45, 2.75) is 30.2 Å². The smallest absolute Gasteiger partial charge is 0.308 e. The molecule has 2 aliphatic rings. The summed E-state index contributed by atoms with van der Waals surface area (Å²) >= 11 is 0. The van der Waals surface area contributed by atoms with Gasteiger partial charge in [-0.3, -0.25) is 9.59 Å². The van der Waals surface area contributed by atoms with Gasteiger partial charge in [-0.15, -0.1) is 0 Å². The fourth-order valence-corrected chi connectivity index (χ4v) is 6.22. The van der Waals surface area contributed by atoms with E-state index in [1.54, 1.807) is 12.1 Å². The zero-order chi connectivity index (χ0) is 23.0. The number of carboxylic acid groups (broad SMARTS) is 1. The summed E-state index contributed by atoms with van der Waals surface area (Å²) in [5.74, 6) is -1.82. The molecule has 8 nitrogen and oxygen atoms in total. The molecule has 0 saturated heterocycles. The van der Waals surface area contributed by atoms with Gasteiger partial charge < -0.3 is 15.3 Å². The molecule has 0 aromatic heterocycles. The standard InChI is InChI=1S/C23H27N3O5S/c1-26(2)18-9-5-14(6-10-18)22(27)24-17-7-11-19(12-8-17)32(30,31)25-21-16-4-3-15(13-16)20(21)23(28)29/h5-12,15-16,20-21,25H,3-4,13H2,1-2H3,(H,24,27)(H,28,29). The first-order valence-corrected chi connectivity index (χ1v) is 12.1. The maximum atomic E-state index is 12.9. The van der Waals surface area contributed by atoms with Crippen molar-refractivity contribution in [1.29, 1.82) is 0 Å². The van der Waals surface area contributed by atoms with Crippen LogP contribution in [0, 0.1) is 17.8 Å². The van der Waals surface area contributed by atoms with Gasteiger partial charge in [0.25, 0.3) is 5.91 Å². The summed E-state index contributed by atoms with van der Waals surface area (Å²) in [6.45, 7) is 0. The van der Waals surface area contributed by atoms with Crippen molar-refractivity contribution in [1.82, 2.24) is 4.72 Å². The molecule has 1 amide bonds. The molecule has 3 N–H and O–H groups in total. The van der Waals surface area contributed by atoms with E-state index >= 15 is 0 Å². The van der Waals surface area contributed by atoms with E-state index in [4.69, 9.17) is 0 Å². The van der Waals surface area contributed by atoms with Gasteiger partial charge in [-0.2, -0.15) is 0 Å². The summed E-state index contributed by atoms with van der Waals surface area (Å²) in [5.41, 5.74) is 1.93. The Kier molecular flexibility index (Phi) is 5.96. The molecule has 0 radical (unpaired) electrons. The number of nitrogens with zero attached hydrogens (tertiary/aromatic N) is 1.